The minimum Gasteiger partial charge on any atom is -0.396 e. The standard InChI is InChI=1S/C16H25BrN2O/c1-2-18-11-14-5-6-15(10-16(14)17)19-8-3-4-13(12-19)7-9-20/h5-6,10,13,18,20H,2-4,7-9,11-12H2,1H3. The predicted molar refractivity (Wildman–Crippen MR) is 88.2 cm³/mol. The first kappa shape index (κ1) is 15.8. The second kappa shape index (κ2) is 8.01. The minimum absolute atomic E-state index is 0.309. The van der Waals surface area contributed by atoms with Crippen molar-refractivity contribution in [3.63, 3.8) is 0 Å². The first-order valence-electron chi connectivity index (χ1n) is 7.59. The van der Waals surface area contributed by atoms with E-state index in [-0.39, 0.29) is 0 Å². The molecular weight excluding hydrogens is 316 g/mol. The van der Waals surface area contributed by atoms with E-state index in [9.17, 15) is 0 Å². The van der Waals surface area contributed by atoms with Crippen molar-refractivity contribution >= 4 is 21.6 Å². The van der Waals surface area contributed by atoms with Crippen molar-refractivity contribution in [3.05, 3.63) is 28.2 Å². The van der Waals surface area contributed by atoms with Crippen molar-refractivity contribution in [1.29, 1.82) is 0 Å². The quantitative estimate of drug-likeness (QED) is 0.834. The number of hydrogen-bond donors (Lipinski definition) is 2. The smallest absolute Gasteiger partial charge is 0.0434 e. The van der Waals surface area contributed by atoms with E-state index in [2.05, 4.69) is 51.3 Å². The lowest BCUT2D eigenvalue weighted by Crippen LogP contribution is -2.35. The molecule has 1 heterocycles. The lowest BCUT2D eigenvalue weighted by molar-refractivity contribution is 0.244. The molecule has 1 aliphatic rings. The van der Waals surface area contributed by atoms with Crippen LogP contribution < -0.4 is 10.2 Å². The van der Waals surface area contributed by atoms with E-state index in [0.29, 0.717) is 12.5 Å². The number of benzene rings is 1. The molecule has 4 heteroatoms. The molecule has 0 aliphatic carbocycles. The molecule has 1 fully saturated rings. The lowest BCUT2D eigenvalue weighted by atomic mass is 9.94. The van der Waals surface area contributed by atoms with Gasteiger partial charge in [0.2, 0.25) is 0 Å². The molecule has 1 aromatic carbocycles. The summed E-state index contributed by atoms with van der Waals surface area (Å²) in [6, 6.07) is 6.66. The highest BCUT2D eigenvalue weighted by Crippen LogP contribution is 2.28. The van der Waals surface area contributed by atoms with Gasteiger partial charge in [0, 0.05) is 36.4 Å². The zero-order chi connectivity index (χ0) is 14.4. The molecule has 1 atom stereocenters. The maximum Gasteiger partial charge on any atom is 0.0434 e. The number of nitrogens with zero attached hydrogens (tertiary/aromatic N) is 1. The van der Waals surface area contributed by atoms with Gasteiger partial charge < -0.3 is 15.3 Å². The number of aliphatic hydroxyl groups is 1. The van der Waals surface area contributed by atoms with Crippen molar-refractivity contribution in [2.45, 2.75) is 32.7 Å². The van der Waals surface area contributed by atoms with Crippen molar-refractivity contribution in [3.8, 4) is 0 Å². The van der Waals surface area contributed by atoms with Gasteiger partial charge in [0.1, 0.15) is 0 Å². The van der Waals surface area contributed by atoms with Crippen molar-refractivity contribution in [2.24, 2.45) is 5.92 Å². The summed E-state index contributed by atoms with van der Waals surface area (Å²) in [6.07, 6.45) is 3.40. The van der Waals surface area contributed by atoms with Crippen LogP contribution in [0.4, 0.5) is 5.69 Å². The van der Waals surface area contributed by atoms with Crippen molar-refractivity contribution < 1.29 is 5.11 Å². The normalized spacial score (nSPS) is 19.4. The average Bonchev–Trinajstić information content (AvgIpc) is 2.46. The predicted octanol–water partition coefficient (Wildman–Crippen LogP) is 3.16. The fourth-order valence-electron chi connectivity index (χ4n) is 2.85. The van der Waals surface area contributed by atoms with Crippen molar-refractivity contribution in [1.82, 2.24) is 5.32 Å². The van der Waals surface area contributed by atoms with Crippen LogP contribution in [0.15, 0.2) is 22.7 Å². The van der Waals surface area contributed by atoms with Crippen molar-refractivity contribution in [2.75, 3.05) is 31.1 Å². The Morgan fingerprint density at radius 3 is 3.00 bits per heavy atom. The molecule has 0 amide bonds. The molecule has 0 bridgehead atoms. The molecule has 20 heavy (non-hydrogen) atoms. The Balaban J connectivity index is 2.03. The summed E-state index contributed by atoms with van der Waals surface area (Å²) in [6.45, 7) is 6.52. The number of aliphatic hydroxyl groups excluding tert-OH is 1. The van der Waals surface area contributed by atoms with Crippen LogP contribution in [0.3, 0.4) is 0 Å². The summed E-state index contributed by atoms with van der Waals surface area (Å²) in [4.78, 5) is 2.45. The van der Waals surface area contributed by atoms with Gasteiger partial charge in [-0.2, -0.15) is 0 Å². The highest BCUT2D eigenvalue weighted by molar-refractivity contribution is 9.10. The van der Waals surface area contributed by atoms with Crippen LogP contribution in [0.2, 0.25) is 0 Å². The van der Waals surface area contributed by atoms with Crippen LogP contribution in [-0.2, 0) is 6.54 Å². The van der Waals surface area contributed by atoms with Crippen LogP contribution in [-0.4, -0.2) is 31.3 Å². The Labute approximate surface area is 130 Å². The van der Waals surface area contributed by atoms with E-state index in [0.717, 1.165) is 32.6 Å². The number of hydrogen-bond acceptors (Lipinski definition) is 3. The maximum absolute atomic E-state index is 9.11. The Bertz CT molecular complexity index is 423. The van der Waals surface area contributed by atoms with E-state index < -0.39 is 0 Å². The molecule has 1 aliphatic heterocycles. The molecular formula is C16H25BrN2O. The van der Waals surface area contributed by atoms with Crippen LogP contribution in [0.1, 0.15) is 31.7 Å². The van der Waals surface area contributed by atoms with Crippen LogP contribution in [0.5, 0.6) is 0 Å². The molecule has 1 unspecified atom stereocenters. The molecule has 2 N–H and O–H groups in total. The highest BCUT2D eigenvalue weighted by Gasteiger charge is 2.20. The van der Waals surface area contributed by atoms with Gasteiger partial charge in [-0.3, -0.25) is 0 Å². The SMILES string of the molecule is CCNCc1ccc(N2CCCC(CCO)C2)cc1Br. The summed E-state index contributed by atoms with van der Waals surface area (Å²) in [5.41, 5.74) is 2.60. The second-order valence-corrected chi connectivity index (χ2v) is 6.38. The number of rotatable bonds is 6. The topological polar surface area (TPSA) is 35.5 Å². The Morgan fingerprint density at radius 1 is 1.45 bits per heavy atom. The summed E-state index contributed by atoms with van der Waals surface area (Å²) in [7, 11) is 0. The van der Waals surface area contributed by atoms with Gasteiger partial charge >= 0.3 is 0 Å². The summed E-state index contributed by atoms with van der Waals surface area (Å²) < 4.78 is 1.18. The number of halogens is 1. The van der Waals surface area contributed by atoms with E-state index in [1.165, 1.54) is 28.6 Å². The van der Waals surface area contributed by atoms with Gasteiger partial charge in [-0.1, -0.05) is 28.9 Å². The molecule has 0 saturated carbocycles. The lowest BCUT2D eigenvalue weighted by Gasteiger charge is -2.34. The maximum atomic E-state index is 9.11. The van der Waals surface area contributed by atoms with Crippen LogP contribution in [0.25, 0.3) is 0 Å². The minimum atomic E-state index is 0.309. The van der Waals surface area contributed by atoms with Gasteiger partial charge in [-0.25, -0.2) is 0 Å². The van der Waals surface area contributed by atoms with Gasteiger partial charge in [0.15, 0.2) is 0 Å². The van der Waals surface area contributed by atoms with E-state index in [4.69, 9.17) is 5.11 Å². The number of nitrogens with one attached hydrogen (secondary N) is 1. The number of piperidine rings is 1. The molecule has 1 aromatic rings. The van der Waals surface area contributed by atoms with Crippen LogP contribution in [0, 0.1) is 5.92 Å². The molecule has 1 saturated heterocycles. The molecule has 0 spiro atoms. The Morgan fingerprint density at radius 2 is 2.30 bits per heavy atom. The fraction of sp³-hybridized carbons (Fsp3) is 0.625. The Kier molecular flexibility index (Phi) is 6.33. The fourth-order valence-corrected chi connectivity index (χ4v) is 3.36. The molecule has 3 nitrogen and oxygen atoms in total. The third-order valence-electron chi connectivity index (χ3n) is 4.02. The second-order valence-electron chi connectivity index (χ2n) is 5.52. The summed E-state index contributed by atoms with van der Waals surface area (Å²) >= 11 is 3.68. The molecule has 0 radical (unpaired) electrons. The van der Waals surface area contributed by atoms with Gasteiger partial charge in [0.05, 0.1) is 0 Å². The summed E-state index contributed by atoms with van der Waals surface area (Å²) in [5.74, 6) is 0.633. The van der Waals surface area contributed by atoms with E-state index in [1.54, 1.807) is 0 Å². The van der Waals surface area contributed by atoms with Crippen LogP contribution >= 0.6 is 15.9 Å². The van der Waals surface area contributed by atoms with Gasteiger partial charge in [-0.05, 0) is 49.4 Å². The Hall–Kier alpha value is -0.580. The van der Waals surface area contributed by atoms with Gasteiger partial charge in [-0.15, -0.1) is 0 Å². The number of anilines is 1. The van der Waals surface area contributed by atoms with E-state index in [1.807, 2.05) is 0 Å². The zero-order valence-corrected chi connectivity index (χ0v) is 13.8. The highest BCUT2D eigenvalue weighted by atomic mass is 79.9. The monoisotopic (exact) mass is 340 g/mol. The average molecular weight is 341 g/mol. The van der Waals surface area contributed by atoms with Gasteiger partial charge in [0.25, 0.3) is 0 Å². The zero-order valence-electron chi connectivity index (χ0n) is 12.2. The third-order valence-corrected chi connectivity index (χ3v) is 4.76. The molecule has 0 aromatic heterocycles. The molecule has 112 valence electrons. The third kappa shape index (κ3) is 4.21. The summed E-state index contributed by atoms with van der Waals surface area (Å²) in [5, 5.41) is 12.5. The first-order valence-corrected chi connectivity index (χ1v) is 8.38. The molecule has 2 rings (SSSR count). The largest absolute Gasteiger partial charge is 0.396 e. The van der Waals surface area contributed by atoms with E-state index >= 15 is 0 Å². The first-order chi connectivity index (χ1) is 9.74.